The number of aliphatic hydroxyl groups excluding tert-OH is 1. The number of hydroxylamine groups is 2. The second-order valence-electron chi connectivity index (χ2n) is 8.89. The van der Waals surface area contributed by atoms with Crippen molar-refractivity contribution in [2.75, 3.05) is 13.2 Å². The summed E-state index contributed by atoms with van der Waals surface area (Å²) in [6.45, 7) is -0.889. The molecule has 198 valence electrons. The summed E-state index contributed by atoms with van der Waals surface area (Å²) in [6.07, 6.45) is 1.79. The van der Waals surface area contributed by atoms with Gasteiger partial charge in [0.2, 0.25) is 5.88 Å². The van der Waals surface area contributed by atoms with E-state index in [4.69, 9.17) is 32.8 Å². The number of carbonyl (C=O) groups excluding carboxylic acids is 2. The molecule has 4 aromatic rings. The number of hydrogen-bond donors (Lipinski definition) is 1. The van der Waals surface area contributed by atoms with E-state index in [1.165, 1.54) is 17.5 Å². The molecule has 0 saturated heterocycles. The molecule has 5 rings (SSSR count). The van der Waals surface area contributed by atoms with Crippen molar-refractivity contribution in [3.63, 3.8) is 0 Å². The highest BCUT2D eigenvalue weighted by molar-refractivity contribution is 6.30. The van der Waals surface area contributed by atoms with E-state index in [1.54, 1.807) is 66.7 Å². The van der Waals surface area contributed by atoms with Crippen LogP contribution in [0.15, 0.2) is 91.3 Å². The van der Waals surface area contributed by atoms with Crippen LogP contribution in [0.5, 0.6) is 5.88 Å². The molecular weight excluding hydrogens is 541 g/mol. The van der Waals surface area contributed by atoms with Gasteiger partial charge in [-0.25, -0.2) is 10.0 Å². The highest BCUT2D eigenvalue weighted by Crippen LogP contribution is 2.46. The fourth-order valence-corrected chi connectivity index (χ4v) is 4.78. The first-order valence-electron chi connectivity index (χ1n) is 12.1. The van der Waals surface area contributed by atoms with Crippen molar-refractivity contribution in [2.45, 2.75) is 18.1 Å². The van der Waals surface area contributed by atoms with E-state index >= 15 is 0 Å². The van der Waals surface area contributed by atoms with Crippen LogP contribution < -0.4 is 4.74 Å². The lowest BCUT2D eigenvalue weighted by molar-refractivity contribution is -0.180. The van der Waals surface area contributed by atoms with Crippen LogP contribution in [0.4, 0.5) is 0 Å². The molecule has 8 nitrogen and oxygen atoms in total. The summed E-state index contributed by atoms with van der Waals surface area (Å²) in [5.74, 6) is -0.821. The third-order valence-electron chi connectivity index (χ3n) is 6.42. The quantitative estimate of drug-likeness (QED) is 0.299. The normalized spacial score (nSPS) is 17.1. The first-order chi connectivity index (χ1) is 18.9. The molecule has 3 heterocycles. The SMILES string of the molecule is O=C(CON1C(=O)c2ccccc2[C@@]1(Cc1ccc(Cl)cn1)c1ccc(Cl)cc1)C(O)COc1ccccn1. The monoisotopic (exact) mass is 563 g/mol. The average molecular weight is 564 g/mol. The molecule has 1 aliphatic heterocycles. The van der Waals surface area contributed by atoms with Gasteiger partial charge in [-0.1, -0.05) is 59.6 Å². The van der Waals surface area contributed by atoms with E-state index < -0.39 is 29.9 Å². The van der Waals surface area contributed by atoms with Crippen molar-refractivity contribution < 1.29 is 24.3 Å². The van der Waals surface area contributed by atoms with Gasteiger partial charge in [0, 0.05) is 41.2 Å². The number of pyridine rings is 2. The fraction of sp³-hybridized carbons (Fsp3) is 0.172. The molecule has 0 spiro atoms. The topological polar surface area (TPSA) is 102 Å². The molecule has 1 amide bonds. The summed E-state index contributed by atoms with van der Waals surface area (Å²) in [4.78, 5) is 41.0. The highest BCUT2D eigenvalue weighted by Gasteiger charge is 2.52. The number of hydrogen-bond acceptors (Lipinski definition) is 7. The molecule has 10 heteroatoms. The van der Waals surface area contributed by atoms with Crippen molar-refractivity contribution in [2.24, 2.45) is 0 Å². The van der Waals surface area contributed by atoms with E-state index in [9.17, 15) is 14.7 Å². The van der Waals surface area contributed by atoms with Crippen molar-refractivity contribution in [1.82, 2.24) is 15.0 Å². The minimum Gasteiger partial charge on any atom is -0.474 e. The number of aliphatic hydroxyl groups is 1. The van der Waals surface area contributed by atoms with Crippen LogP contribution in [0.1, 0.15) is 27.2 Å². The van der Waals surface area contributed by atoms with Gasteiger partial charge in [-0.3, -0.25) is 19.4 Å². The minimum absolute atomic E-state index is 0.216. The van der Waals surface area contributed by atoms with Crippen LogP contribution in [0, 0.1) is 0 Å². The molecule has 1 unspecified atom stereocenters. The van der Waals surface area contributed by atoms with E-state index in [0.29, 0.717) is 32.4 Å². The van der Waals surface area contributed by atoms with Gasteiger partial charge in [-0.2, -0.15) is 0 Å². The van der Waals surface area contributed by atoms with Crippen LogP contribution in [0.25, 0.3) is 0 Å². The number of ketones is 1. The lowest BCUT2D eigenvalue weighted by Gasteiger charge is -2.38. The van der Waals surface area contributed by atoms with E-state index in [-0.39, 0.29) is 18.9 Å². The second kappa shape index (κ2) is 11.5. The molecule has 0 fully saturated rings. The molecule has 1 aliphatic rings. The standard InChI is InChI=1S/C29H23Cl2N3O5/c30-20-10-8-19(9-11-20)29(15-22-13-12-21(31)16-33-22)24-6-2-1-5-23(24)28(37)34(29)39-18-26(36)25(35)17-38-27-7-3-4-14-32-27/h1-14,16,25,35H,15,17-18H2/t25?,29-/m1/s1. The van der Waals surface area contributed by atoms with Crippen molar-refractivity contribution in [3.8, 4) is 5.88 Å². The number of benzene rings is 2. The maximum Gasteiger partial charge on any atom is 0.279 e. The second-order valence-corrected chi connectivity index (χ2v) is 9.76. The van der Waals surface area contributed by atoms with Gasteiger partial charge in [0.1, 0.15) is 24.9 Å². The third-order valence-corrected chi connectivity index (χ3v) is 6.89. The van der Waals surface area contributed by atoms with Gasteiger partial charge in [-0.05, 0) is 47.5 Å². The van der Waals surface area contributed by atoms with Crippen LogP contribution in [-0.4, -0.2) is 51.1 Å². The summed E-state index contributed by atoms with van der Waals surface area (Å²) in [5, 5.41) is 12.6. The van der Waals surface area contributed by atoms with Crippen molar-refractivity contribution in [3.05, 3.63) is 124 Å². The van der Waals surface area contributed by atoms with E-state index in [1.807, 2.05) is 12.1 Å². The van der Waals surface area contributed by atoms with Gasteiger partial charge in [0.25, 0.3) is 5.91 Å². The Hall–Kier alpha value is -3.82. The maximum atomic E-state index is 13.7. The third kappa shape index (κ3) is 5.51. The number of fused-ring (bicyclic) bond motifs is 1. The zero-order valence-corrected chi connectivity index (χ0v) is 22.0. The zero-order chi connectivity index (χ0) is 27.4. The predicted molar refractivity (Wildman–Crippen MR) is 144 cm³/mol. The number of carbonyl (C=O) groups is 2. The van der Waals surface area contributed by atoms with E-state index in [0.717, 1.165) is 0 Å². The largest absolute Gasteiger partial charge is 0.474 e. The Labute approximate surface area is 234 Å². The van der Waals surface area contributed by atoms with Crippen LogP contribution in [0.2, 0.25) is 10.0 Å². The van der Waals surface area contributed by atoms with Gasteiger partial charge in [-0.15, -0.1) is 0 Å². The van der Waals surface area contributed by atoms with Crippen molar-refractivity contribution in [1.29, 1.82) is 0 Å². The lowest BCUT2D eigenvalue weighted by atomic mass is 9.79. The van der Waals surface area contributed by atoms with Gasteiger partial charge in [0.05, 0.1) is 5.02 Å². The smallest absolute Gasteiger partial charge is 0.279 e. The molecule has 0 aliphatic carbocycles. The number of amides is 1. The molecule has 0 radical (unpaired) electrons. The molecule has 1 N–H and O–H groups in total. The Morgan fingerprint density at radius 1 is 0.949 bits per heavy atom. The molecule has 2 aromatic heterocycles. The first-order valence-corrected chi connectivity index (χ1v) is 12.8. The summed E-state index contributed by atoms with van der Waals surface area (Å²) >= 11 is 12.3. The Morgan fingerprint density at radius 2 is 1.69 bits per heavy atom. The van der Waals surface area contributed by atoms with E-state index in [2.05, 4.69) is 9.97 Å². The lowest BCUT2D eigenvalue weighted by Crippen LogP contribution is -2.48. The van der Waals surface area contributed by atoms with Gasteiger partial charge >= 0.3 is 0 Å². The van der Waals surface area contributed by atoms with Gasteiger partial charge in [0.15, 0.2) is 5.78 Å². The molecule has 2 aromatic carbocycles. The highest BCUT2D eigenvalue weighted by atomic mass is 35.5. The molecule has 2 atom stereocenters. The zero-order valence-electron chi connectivity index (χ0n) is 20.5. The Bertz CT molecular complexity index is 1470. The summed E-state index contributed by atoms with van der Waals surface area (Å²) in [7, 11) is 0. The minimum atomic E-state index is -1.49. The molecule has 0 bridgehead atoms. The number of halogens is 2. The first kappa shape index (κ1) is 26.8. The van der Waals surface area contributed by atoms with Crippen LogP contribution in [-0.2, 0) is 21.6 Å². The Balaban J connectivity index is 1.47. The number of ether oxygens (including phenoxy) is 1. The number of nitrogens with zero attached hydrogens (tertiary/aromatic N) is 3. The molecular formula is C29H23Cl2N3O5. The molecule has 0 saturated carbocycles. The predicted octanol–water partition coefficient (Wildman–Crippen LogP) is 4.67. The summed E-state index contributed by atoms with van der Waals surface area (Å²) in [6, 6.07) is 22.8. The number of rotatable bonds is 10. The Morgan fingerprint density at radius 3 is 2.41 bits per heavy atom. The van der Waals surface area contributed by atoms with Crippen LogP contribution >= 0.6 is 23.2 Å². The average Bonchev–Trinajstić information content (AvgIpc) is 3.20. The number of Topliss-reactive ketones (excluding diaryl/α,β-unsaturated/α-hetero) is 1. The van der Waals surface area contributed by atoms with Crippen LogP contribution in [0.3, 0.4) is 0 Å². The number of aromatic nitrogens is 2. The summed E-state index contributed by atoms with van der Waals surface area (Å²) in [5.41, 5.74) is 1.26. The van der Waals surface area contributed by atoms with Gasteiger partial charge < -0.3 is 9.84 Å². The van der Waals surface area contributed by atoms with Crippen molar-refractivity contribution >= 4 is 34.9 Å². The maximum absolute atomic E-state index is 13.7. The fourth-order valence-electron chi connectivity index (χ4n) is 4.55. The molecule has 39 heavy (non-hydrogen) atoms. The summed E-state index contributed by atoms with van der Waals surface area (Å²) < 4.78 is 5.39. The Kier molecular flexibility index (Phi) is 7.90.